The molecule has 1 amide bonds. The maximum Gasteiger partial charge on any atom is 0.323 e. The van der Waals surface area contributed by atoms with Gasteiger partial charge in [-0.2, -0.15) is 0 Å². The van der Waals surface area contributed by atoms with E-state index < -0.39 is 5.97 Å². The van der Waals surface area contributed by atoms with E-state index >= 15 is 0 Å². The summed E-state index contributed by atoms with van der Waals surface area (Å²) in [5.74, 6) is -0.103. The van der Waals surface area contributed by atoms with Crippen LogP contribution >= 0.6 is 11.3 Å². The topological polar surface area (TPSA) is 76.1 Å². The number of amides is 1. The van der Waals surface area contributed by atoms with Gasteiger partial charge in [0.1, 0.15) is 18.0 Å². The van der Waals surface area contributed by atoms with Crippen LogP contribution in [0, 0.1) is 6.92 Å². The van der Waals surface area contributed by atoms with E-state index in [1.807, 2.05) is 19.1 Å². The average molecular weight is 363 g/mol. The van der Waals surface area contributed by atoms with Crippen LogP contribution in [-0.2, 0) is 22.6 Å². The fourth-order valence-electron chi connectivity index (χ4n) is 2.41. The maximum atomic E-state index is 12.6. The first-order valence-corrected chi connectivity index (χ1v) is 8.49. The smallest absolute Gasteiger partial charge is 0.323 e. The van der Waals surface area contributed by atoms with E-state index in [2.05, 4.69) is 0 Å². The number of ether oxygens (including phenoxy) is 2. The monoisotopic (exact) mass is 363 g/mol. The number of rotatable bonds is 8. The minimum atomic E-state index is -1.05. The second-order valence-corrected chi connectivity index (χ2v) is 6.93. The highest BCUT2D eigenvalue weighted by atomic mass is 32.1. The summed E-state index contributed by atoms with van der Waals surface area (Å²) in [6.45, 7) is 1.78. The minimum Gasteiger partial charge on any atom is -0.497 e. The molecule has 134 valence electrons. The predicted octanol–water partition coefficient (Wildman–Crippen LogP) is 2.73. The summed E-state index contributed by atoms with van der Waals surface area (Å²) in [5.41, 5.74) is 0.744. The number of benzene rings is 1. The Balaban J connectivity index is 2.19. The fraction of sp³-hybridized carbons (Fsp3) is 0.333. The van der Waals surface area contributed by atoms with Gasteiger partial charge in [-0.1, -0.05) is 0 Å². The van der Waals surface area contributed by atoms with Crippen molar-refractivity contribution in [1.82, 2.24) is 4.90 Å². The highest BCUT2D eigenvalue weighted by molar-refractivity contribution is 7.12. The average Bonchev–Trinajstić information content (AvgIpc) is 2.98. The predicted molar refractivity (Wildman–Crippen MR) is 95.4 cm³/mol. The van der Waals surface area contributed by atoms with Gasteiger partial charge in [0.15, 0.2) is 0 Å². The number of thiophene rings is 1. The summed E-state index contributed by atoms with van der Waals surface area (Å²) in [4.78, 5) is 27.1. The number of methoxy groups -OCH3 is 2. The number of carbonyl (C=O) groups excluding carboxylic acids is 1. The van der Waals surface area contributed by atoms with Gasteiger partial charge in [0, 0.05) is 22.4 Å². The lowest BCUT2D eigenvalue weighted by atomic mass is 10.1. The third-order valence-electron chi connectivity index (χ3n) is 3.58. The number of carboxylic acid groups (broad SMARTS) is 1. The Hall–Kier alpha value is -2.54. The van der Waals surface area contributed by atoms with Gasteiger partial charge in [-0.05, 0) is 36.8 Å². The van der Waals surface area contributed by atoms with Gasteiger partial charge in [0.05, 0.1) is 20.6 Å². The van der Waals surface area contributed by atoms with E-state index in [0.29, 0.717) is 11.5 Å². The van der Waals surface area contributed by atoms with E-state index in [4.69, 9.17) is 14.6 Å². The zero-order valence-electron chi connectivity index (χ0n) is 14.4. The van der Waals surface area contributed by atoms with Crippen molar-refractivity contribution in [3.8, 4) is 11.5 Å². The first-order valence-electron chi connectivity index (χ1n) is 7.68. The van der Waals surface area contributed by atoms with E-state index in [-0.39, 0.29) is 25.4 Å². The van der Waals surface area contributed by atoms with Gasteiger partial charge >= 0.3 is 5.97 Å². The van der Waals surface area contributed by atoms with Crippen molar-refractivity contribution in [3.05, 3.63) is 45.6 Å². The van der Waals surface area contributed by atoms with Crippen LogP contribution in [0.15, 0.2) is 30.3 Å². The van der Waals surface area contributed by atoms with E-state index in [9.17, 15) is 9.59 Å². The third-order valence-corrected chi connectivity index (χ3v) is 4.59. The Labute approximate surface area is 150 Å². The molecule has 2 aromatic rings. The molecule has 0 saturated heterocycles. The molecule has 1 heterocycles. The molecule has 6 nitrogen and oxygen atoms in total. The van der Waals surface area contributed by atoms with Gasteiger partial charge < -0.3 is 19.5 Å². The number of carboxylic acids is 1. The van der Waals surface area contributed by atoms with Crippen LogP contribution in [0.5, 0.6) is 11.5 Å². The van der Waals surface area contributed by atoms with Crippen molar-refractivity contribution in [2.45, 2.75) is 19.9 Å². The summed E-state index contributed by atoms with van der Waals surface area (Å²) in [5, 5.41) is 9.14. The summed E-state index contributed by atoms with van der Waals surface area (Å²) in [6, 6.07) is 9.09. The molecule has 1 N–H and O–H groups in total. The molecule has 1 aromatic heterocycles. The molecule has 0 atom stereocenters. The molecule has 1 aromatic carbocycles. The van der Waals surface area contributed by atoms with Crippen molar-refractivity contribution in [2.24, 2.45) is 0 Å². The van der Waals surface area contributed by atoms with Crippen LogP contribution in [0.4, 0.5) is 0 Å². The second kappa shape index (κ2) is 8.53. The minimum absolute atomic E-state index is 0.170. The van der Waals surface area contributed by atoms with Crippen LogP contribution in [0.25, 0.3) is 0 Å². The Morgan fingerprint density at radius 2 is 1.76 bits per heavy atom. The molecule has 0 fully saturated rings. The number of hydrogen-bond donors (Lipinski definition) is 1. The lowest BCUT2D eigenvalue weighted by Gasteiger charge is -2.21. The molecule has 0 spiro atoms. The summed E-state index contributed by atoms with van der Waals surface area (Å²) in [7, 11) is 3.08. The normalized spacial score (nSPS) is 10.4. The number of carbonyl (C=O) groups is 2. The van der Waals surface area contributed by atoms with Crippen LogP contribution in [0.1, 0.15) is 15.3 Å². The lowest BCUT2D eigenvalue weighted by molar-refractivity contribution is -0.144. The zero-order valence-corrected chi connectivity index (χ0v) is 15.3. The van der Waals surface area contributed by atoms with Gasteiger partial charge in [-0.3, -0.25) is 9.59 Å². The molecule has 7 heteroatoms. The molecule has 0 saturated carbocycles. The fourth-order valence-corrected chi connectivity index (χ4v) is 3.30. The van der Waals surface area contributed by atoms with Crippen molar-refractivity contribution < 1.29 is 24.2 Å². The van der Waals surface area contributed by atoms with Crippen LogP contribution in [0.3, 0.4) is 0 Å². The molecule has 0 aliphatic rings. The molecule has 0 aliphatic heterocycles. The molecule has 0 radical (unpaired) electrons. The van der Waals surface area contributed by atoms with E-state index in [0.717, 1.165) is 15.3 Å². The van der Waals surface area contributed by atoms with Crippen molar-refractivity contribution in [3.63, 3.8) is 0 Å². The quantitative estimate of drug-likeness (QED) is 0.780. The van der Waals surface area contributed by atoms with Crippen LogP contribution in [0.2, 0.25) is 0 Å². The highest BCUT2D eigenvalue weighted by Crippen LogP contribution is 2.24. The Morgan fingerprint density at radius 1 is 1.12 bits per heavy atom. The number of hydrogen-bond acceptors (Lipinski definition) is 5. The van der Waals surface area contributed by atoms with E-state index in [1.165, 1.54) is 30.5 Å². The standard InChI is InChI=1S/C18H21NO5S/c1-12-4-5-16(25-12)9-17(20)19(11-18(21)22)10-13-6-14(23-2)8-15(7-13)24-3/h4-8H,9-11H2,1-3H3,(H,21,22). The maximum absolute atomic E-state index is 12.6. The molecular weight excluding hydrogens is 342 g/mol. The molecule has 0 unspecified atom stereocenters. The van der Waals surface area contributed by atoms with E-state index in [1.54, 1.807) is 18.2 Å². The van der Waals surface area contributed by atoms with Crippen molar-refractivity contribution in [1.29, 1.82) is 0 Å². The summed E-state index contributed by atoms with van der Waals surface area (Å²) in [6.07, 6.45) is 0.187. The molecule has 25 heavy (non-hydrogen) atoms. The van der Waals surface area contributed by atoms with Gasteiger partial charge in [0.25, 0.3) is 0 Å². The number of nitrogens with zero attached hydrogens (tertiary/aromatic N) is 1. The third kappa shape index (κ3) is 5.49. The number of aryl methyl sites for hydroxylation is 1. The molecule has 0 aliphatic carbocycles. The molecule has 0 bridgehead atoms. The Morgan fingerprint density at radius 3 is 2.24 bits per heavy atom. The lowest BCUT2D eigenvalue weighted by Crippen LogP contribution is -2.36. The molecular formula is C18H21NO5S. The van der Waals surface area contributed by atoms with Gasteiger partial charge in [0.2, 0.25) is 5.91 Å². The summed E-state index contributed by atoms with van der Waals surface area (Å²) >= 11 is 1.54. The Kier molecular flexibility index (Phi) is 6.41. The number of aliphatic carboxylic acids is 1. The van der Waals surface area contributed by atoms with Gasteiger partial charge in [-0.25, -0.2) is 0 Å². The van der Waals surface area contributed by atoms with Crippen molar-refractivity contribution >= 4 is 23.2 Å². The van der Waals surface area contributed by atoms with Gasteiger partial charge in [-0.15, -0.1) is 11.3 Å². The van der Waals surface area contributed by atoms with Crippen LogP contribution < -0.4 is 9.47 Å². The Bertz CT molecular complexity index is 733. The molecule has 2 rings (SSSR count). The summed E-state index contributed by atoms with van der Waals surface area (Å²) < 4.78 is 10.4. The first-order chi connectivity index (χ1) is 11.9. The second-order valence-electron chi connectivity index (χ2n) is 5.55. The first kappa shape index (κ1) is 18.8. The SMILES string of the molecule is COc1cc(CN(CC(=O)O)C(=O)Cc2ccc(C)s2)cc(OC)c1. The van der Waals surface area contributed by atoms with Crippen molar-refractivity contribution in [2.75, 3.05) is 20.8 Å². The zero-order chi connectivity index (χ0) is 18.4. The highest BCUT2D eigenvalue weighted by Gasteiger charge is 2.19. The largest absolute Gasteiger partial charge is 0.497 e. The van der Waals surface area contributed by atoms with Crippen LogP contribution in [-0.4, -0.2) is 42.6 Å².